The van der Waals surface area contributed by atoms with E-state index in [9.17, 15) is 19.8 Å². The molecule has 16 bridgehead atoms. The van der Waals surface area contributed by atoms with Gasteiger partial charge in [0.2, 0.25) is 0 Å². The van der Waals surface area contributed by atoms with Gasteiger partial charge >= 0.3 is 11.9 Å². The van der Waals surface area contributed by atoms with Crippen LogP contribution in [-0.4, -0.2) is 133 Å². The fourth-order valence-electron chi connectivity index (χ4n) is 12.1. The summed E-state index contributed by atoms with van der Waals surface area (Å²) in [6.45, 7) is 25.3. The topological polar surface area (TPSA) is 214 Å². The van der Waals surface area contributed by atoms with Crippen molar-refractivity contribution in [2.24, 2.45) is 0 Å². The minimum absolute atomic E-state index is 0.237. The highest BCUT2D eigenvalue weighted by Crippen LogP contribution is 2.41. The Morgan fingerprint density at radius 3 is 1.28 bits per heavy atom. The number of aryl methyl sites for hydroxylation is 4. The van der Waals surface area contributed by atoms with E-state index in [0.29, 0.717) is 66.6 Å². The molecule has 2 saturated heterocycles. The summed E-state index contributed by atoms with van der Waals surface area (Å²) in [5.41, 5.74) is 9.04. The molecule has 0 radical (unpaired) electrons. The summed E-state index contributed by atoms with van der Waals surface area (Å²) in [5, 5.41) is 40.6. The predicted octanol–water partition coefficient (Wildman–Crippen LogP) is 11.7. The zero-order chi connectivity index (χ0) is 60.0. The molecule has 0 spiro atoms. The van der Waals surface area contributed by atoms with Crippen LogP contribution in [0.3, 0.4) is 0 Å². The number of rotatable bonds is 6. The van der Waals surface area contributed by atoms with E-state index in [2.05, 4.69) is 54.0 Å². The van der Waals surface area contributed by atoms with Gasteiger partial charge < -0.3 is 39.0 Å². The van der Waals surface area contributed by atoms with Crippen LogP contribution in [0.1, 0.15) is 148 Å². The van der Waals surface area contributed by atoms with Gasteiger partial charge in [0.1, 0.15) is 11.6 Å². The quantitative estimate of drug-likeness (QED) is 0.158. The van der Waals surface area contributed by atoms with Gasteiger partial charge in [-0.25, -0.2) is 19.6 Å². The average molecular weight is 1160 g/mol. The molecule has 12 heterocycles. The molecule has 20 heteroatoms. The van der Waals surface area contributed by atoms with Crippen molar-refractivity contribution >= 4 is 34.9 Å². The Kier molecular flexibility index (Phi) is 16.5. The second kappa shape index (κ2) is 23.7. The van der Waals surface area contributed by atoms with Crippen molar-refractivity contribution in [3.05, 3.63) is 108 Å². The van der Waals surface area contributed by atoms with Crippen LogP contribution < -0.4 is 9.80 Å². The SMILES string of the molecule is Cc1nc2cc3nn2c(c1[C@H](OC(C)(C)C)C(=O)O)N1CCC(C)(CC1)OCCCCCn1ccc(n1)-c1cccc-3c1.Cc1nc2cc3nn2c(c1[C@H](OC(C)(C)C)C(=O)O)N1CCC(C)(CC1)OCCCCn1ccc(n1)-c1cccc-3c1. The lowest BCUT2D eigenvalue weighted by atomic mass is 9.92. The van der Waals surface area contributed by atoms with Crippen LogP contribution in [0.5, 0.6) is 0 Å². The molecule has 6 aromatic heterocycles. The minimum Gasteiger partial charge on any atom is -0.479 e. The Morgan fingerprint density at radius 1 is 0.518 bits per heavy atom. The highest BCUT2D eigenvalue weighted by Gasteiger charge is 2.40. The third-order valence-electron chi connectivity index (χ3n) is 16.7. The van der Waals surface area contributed by atoms with Crippen molar-refractivity contribution in [2.75, 3.05) is 49.2 Å². The molecular formula is C65H82N12O8. The number of fused-ring (bicyclic) bond motifs is 13. The zero-order valence-corrected chi connectivity index (χ0v) is 51.0. The van der Waals surface area contributed by atoms with Gasteiger partial charge in [-0.3, -0.25) is 9.36 Å². The highest BCUT2D eigenvalue weighted by atomic mass is 16.5. The smallest absolute Gasteiger partial charge is 0.337 e. The molecule has 2 aromatic carbocycles. The van der Waals surface area contributed by atoms with E-state index in [1.54, 1.807) is 4.52 Å². The van der Waals surface area contributed by atoms with E-state index in [1.165, 1.54) is 0 Å². The van der Waals surface area contributed by atoms with Crippen LogP contribution in [0.25, 0.3) is 56.3 Å². The molecule has 0 unspecified atom stereocenters. The van der Waals surface area contributed by atoms with Crippen molar-refractivity contribution in [2.45, 2.75) is 175 Å². The van der Waals surface area contributed by atoms with Gasteiger partial charge in [-0.05, 0) is 151 Å². The van der Waals surface area contributed by atoms with Gasteiger partial charge in [0, 0.05) is 111 Å². The fourth-order valence-corrected chi connectivity index (χ4v) is 12.1. The van der Waals surface area contributed by atoms with Crippen LogP contribution in [0.2, 0.25) is 0 Å². The summed E-state index contributed by atoms with van der Waals surface area (Å²) in [6.07, 6.45) is 10.0. The van der Waals surface area contributed by atoms with Crippen LogP contribution in [-0.2, 0) is 41.6 Å². The summed E-state index contributed by atoms with van der Waals surface area (Å²) in [7, 11) is 0. The average Bonchev–Trinajstić information content (AvgIpc) is 2.08. The Morgan fingerprint density at radius 2 is 0.894 bits per heavy atom. The largest absolute Gasteiger partial charge is 0.479 e. The molecule has 2 atom stereocenters. The molecular weight excluding hydrogens is 1080 g/mol. The molecule has 85 heavy (non-hydrogen) atoms. The second-order valence-corrected chi connectivity index (χ2v) is 25.8. The number of piperidine rings is 2. The van der Waals surface area contributed by atoms with E-state index in [0.717, 1.165) is 134 Å². The number of aromatic nitrogens is 10. The third-order valence-corrected chi connectivity index (χ3v) is 16.7. The number of aliphatic carboxylic acids is 2. The Hall–Kier alpha value is -7.52. The lowest BCUT2D eigenvalue weighted by Gasteiger charge is -2.41. The summed E-state index contributed by atoms with van der Waals surface area (Å²) >= 11 is 0. The van der Waals surface area contributed by atoms with Gasteiger partial charge in [-0.2, -0.15) is 29.4 Å². The minimum atomic E-state index is -1.20. The number of carboxylic acids is 2. The van der Waals surface area contributed by atoms with Crippen LogP contribution in [0.4, 0.5) is 11.6 Å². The van der Waals surface area contributed by atoms with Crippen molar-refractivity contribution in [3.63, 3.8) is 0 Å². The maximum absolute atomic E-state index is 12.7. The predicted molar refractivity (Wildman–Crippen MR) is 326 cm³/mol. The molecule has 20 nitrogen and oxygen atoms in total. The van der Waals surface area contributed by atoms with E-state index in [4.69, 9.17) is 49.3 Å². The first-order valence-electron chi connectivity index (χ1n) is 30.2. The van der Waals surface area contributed by atoms with E-state index < -0.39 is 35.3 Å². The molecule has 450 valence electrons. The van der Waals surface area contributed by atoms with E-state index in [-0.39, 0.29) is 11.2 Å². The Labute approximate surface area is 497 Å². The van der Waals surface area contributed by atoms with Crippen LogP contribution in [0.15, 0.2) is 85.2 Å². The van der Waals surface area contributed by atoms with Gasteiger partial charge in [0.25, 0.3) is 0 Å². The Bertz CT molecular complexity index is 3720. The summed E-state index contributed by atoms with van der Waals surface area (Å²) < 4.78 is 32.9. The molecule has 0 aliphatic carbocycles. The number of anilines is 2. The number of hydrogen-bond acceptors (Lipinski definition) is 14. The fraction of sp³-hybridized carbons (Fsp3) is 0.508. The number of nitrogens with zero attached hydrogens (tertiary/aromatic N) is 12. The van der Waals surface area contributed by atoms with Crippen LogP contribution in [0, 0.1) is 13.8 Å². The number of benzene rings is 2. The monoisotopic (exact) mass is 1160 g/mol. The van der Waals surface area contributed by atoms with Crippen LogP contribution >= 0.6 is 0 Å². The maximum atomic E-state index is 12.7. The van der Waals surface area contributed by atoms with Crippen molar-refractivity contribution in [1.29, 1.82) is 0 Å². The zero-order valence-electron chi connectivity index (χ0n) is 51.0. The van der Waals surface area contributed by atoms with Crippen molar-refractivity contribution in [3.8, 4) is 45.0 Å². The highest BCUT2D eigenvalue weighted by molar-refractivity contribution is 5.81. The van der Waals surface area contributed by atoms with Gasteiger partial charge in [0.15, 0.2) is 23.5 Å². The lowest BCUT2D eigenvalue weighted by molar-refractivity contribution is -0.161. The van der Waals surface area contributed by atoms with E-state index in [1.807, 2.05) is 124 Å². The molecule has 14 rings (SSSR count). The summed E-state index contributed by atoms with van der Waals surface area (Å²) in [5.74, 6) is -0.663. The second-order valence-electron chi connectivity index (χ2n) is 25.8. The van der Waals surface area contributed by atoms with Gasteiger partial charge in [-0.15, -0.1) is 0 Å². The van der Waals surface area contributed by atoms with Gasteiger partial charge in [0.05, 0.1) is 56.3 Å². The first-order chi connectivity index (χ1) is 40.5. The van der Waals surface area contributed by atoms with E-state index >= 15 is 0 Å². The molecule has 0 amide bonds. The molecule has 6 aliphatic rings. The first kappa shape index (κ1) is 59.2. The molecule has 2 N–H and O–H groups in total. The van der Waals surface area contributed by atoms with Gasteiger partial charge in [-0.1, -0.05) is 36.4 Å². The first-order valence-corrected chi connectivity index (χ1v) is 30.2. The standard InChI is InChI=1S/C33H42N6O4.C32H40N6O4/c1-22-28(29(31(40)41)43-32(2,3)4)30-37-17-13-33(5,14-18-37)42-19-8-6-7-15-38-16-12-25(35-38)23-10-9-11-24(20-23)26-21-27(34-22)39(30)36-26;1-21-27(28(30(39)40)42-31(2,3)4)29-36-16-12-32(5,13-17-36)41-18-7-6-14-37-15-11-24(34-37)22-9-8-10-23(19-22)25-20-26(33-21)38(29)35-25/h9-12,16,20-21,29H,6-8,13-15,17-19H2,1-5H3,(H,40,41);8-11,15,19-20,28H,6-7,12-14,16-18H2,1-5H3,(H,39,40)/t29-;28-/m00/s1. The molecule has 2 fully saturated rings. The third kappa shape index (κ3) is 13.2. The molecule has 6 aliphatic heterocycles. The number of carboxylic acid groups (broad SMARTS) is 2. The van der Waals surface area contributed by atoms with Crippen molar-refractivity contribution < 1.29 is 38.7 Å². The normalized spacial score (nSPS) is 18.1. The lowest BCUT2D eigenvalue weighted by Crippen LogP contribution is -2.46. The molecule has 0 saturated carbocycles. The Balaban J connectivity index is 0.000000177. The number of ether oxygens (including phenoxy) is 4. The van der Waals surface area contributed by atoms with Crippen molar-refractivity contribution in [1.82, 2.24) is 48.8 Å². The number of hydrogen-bond donors (Lipinski definition) is 2. The molecule has 8 aromatic rings. The summed E-state index contributed by atoms with van der Waals surface area (Å²) in [4.78, 5) is 39.6. The maximum Gasteiger partial charge on any atom is 0.337 e. The number of carbonyl (C=O) groups is 2. The summed E-state index contributed by atoms with van der Waals surface area (Å²) in [6, 6.07) is 24.5.